The third kappa shape index (κ3) is 0.956. The van der Waals surface area contributed by atoms with Gasteiger partial charge in [-0.3, -0.25) is 0 Å². The highest BCUT2D eigenvalue weighted by molar-refractivity contribution is 5.14. The molecule has 0 bridgehead atoms. The zero-order valence-corrected chi connectivity index (χ0v) is 7.07. The molecule has 0 aromatic rings. The van der Waals surface area contributed by atoms with Gasteiger partial charge in [-0.2, -0.15) is 0 Å². The van der Waals surface area contributed by atoms with Gasteiger partial charge >= 0.3 is 0 Å². The monoisotopic (exact) mass is 143 g/mol. The number of hydrogen-bond donors (Lipinski definition) is 2. The van der Waals surface area contributed by atoms with Crippen LogP contribution in [0.2, 0.25) is 0 Å². The van der Waals surface area contributed by atoms with Crippen LogP contribution >= 0.6 is 0 Å². The summed E-state index contributed by atoms with van der Waals surface area (Å²) in [5.41, 5.74) is -0.469. The first kappa shape index (κ1) is 8.02. The van der Waals surface area contributed by atoms with E-state index < -0.39 is 5.60 Å². The molecule has 0 aromatic carbocycles. The van der Waals surface area contributed by atoms with Crippen molar-refractivity contribution in [3.8, 4) is 0 Å². The Kier molecular flexibility index (Phi) is 1.77. The molecule has 1 aliphatic rings. The van der Waals surface area contributed by atoms with Gasteiger partial charge in [0.05, 0.1) is 11.1 Å². The fraction of sp³-hybridized carbons (Fsp3) is 1.00. The minimum absolute atomic E-state index is 0.0434. The fourth-order valence-corrected chi connectivity index (χ4v) is 1.46. The summed E-state index contributed by atoms with van der Waals surface area (Å²) in [6.07, 6.45) is 1.85. The molecule has 0 spiro atoms. The molecule has 2 heteroatoms. The predicted molar refractivity (Wildman–Crippen MR) is 41.9 cm³/mol. The molecule has 0 saturated carbocycles. The van der Waals surface area contributed by atoms with Crippen molar-refractivity contribution < 1.29 is 5.11 Å². The highest BCUT2D eigenvalue weighted by atomic mass is 16.3. The summed E-state index contributed by atoms with van der Waals surface area (Å²) >= 11 is 0. The van der Waals surface area contributed by atoms with Crippen molar-refractivity contribution in [2.24, 2.45) is 0 Å². The second-order valence-corrected chi connectivity index (χ2v) is 3.42. The van der Waals surface area contributed by atoms with Crippen LogP contribution in [0.3, 0.4) is 0 Å². The van der Waals surface area contributed by atoms with Crippen LogP contribution < -0.4 is 5.32 Å². The lowest BCUT2D eigenvalue weighted by molar-refractivity contribution is 0.0135. The van der Waals surface area contributed by atoms with E-state index in [1.54, 1.807) is 0 Å². The van der Waals surface area contributed by atoms with E-state index in [-0.39, 0.29) is 5.54 Å². The molecule has 0 amide bonds. The first-order valence-corrected chi connectivity index (χ1v) is 4.05. The van der Waals surface area contributed by atoms with Crippen LogP contribution in [-0.2, 0) is 0 Å². The smallest absolute Gasteiger partial charge is 0.0810 e. The quantitative estimate of drug-likeness (QED) is 0.576. The predicted octanol–water partition coefficient (Wildman–Crippen LogP) is 0.899. The summed E-state index contributed by atoms with van der Waals surface area (Å²) in [7, 11) is 0. The lowest BCUT2D eigenvalue weighted by atomic mass is 9.84. The highest BCUT2D eigenvalue weighted by Gasteiger charge is 2.53. The Balaban J connectivity index is 2.62. The summed E-state index contributed by atoms with van der Waals surface area (Å²) < 4.78 is 0. The maximum absolute atomic E-state index is 9.85. The van der Waals surface area contributed by atoms with Gasteiger partial charge in [-0.25, -0.2) is 0 Å². The van der Waals surface area contributed by atoms with Gasteiger partial charge in [-0.05, 0) is 19.8 Å². The van der Waals surface area contributed by atoms with Crippen molar-refractivity contribution in [1.82, 2.24) is 5.32 Å². The second-order valence-electron chi connectivity index (χ2n) is 3.42. The first-order chi connectivity index (χ1) is 4.58. The van der Waals surface area contributed by atoms with E-state index in [0.29, 0.717) is 0 Å². The number of hydrogen-bond acceptors (Lipinski definition) is 2. The third-order valence-corrected chi connectivity index (χ3v) is 2.93. The first-order valence-electron chi connectivity index (χ1n) is 4.05. The van der Waals surface area contributed by atoms with Gasteiger partial charge < -0.3 is 10.4 Å². The summed E-state index contributed by atoms with van der Waals surface area (Å²) in [5.74, 6) is 0. The van der Waals surface area contributed by atoms with E-state index >= 15 is 0 Å². The van der Waals surface area contributed by atoms with E-state index in [9.17, 15) is 5.11 Å². The summed E-state index contributed by atoms with van der Waals surface area (Å²) in [6.45, 7) is 7.03. The third-order valence-electron chi connectivity index (χ3n) is 2.93. The molecule has 1 heterocycles. The number of aliphatic hydroxyl groups is 1. The zero-order chi connectivity index (χ0) is 7.83. The van der Waals surface area contributed by atoms with Crippen LogP contribution in [0.15, 0.2) is 0 Å². The Hall–Kier alpha value is -0.0800. The second kappa shape index (κ2) is 2.21. The Morgan fingerprint density at radius 3 is 2.20 bits per heavy atom. The average molecular weight is 143 g/mol. The van der Waals surface area contributed by atoms with E-state index in [4.69, 9.17) is 0 Å². The lowest BCUT2D eigenvalue weighted by Crippen LogP contribution is -2.43. The Morgan fingerprint density at radius 1 is 1.60 bits per heavy atom. The maximum atomic E-state index is 9.85. The van der Waals surface area contributed by atoms with Crippen molar-refractivity contribution in [3.05, 3.63) is 0 Å². The van der Waals surface area contributed by atoms with Crippen molar-refractivity contribution in [2.75, 3.05) is 6.54 Å². The molecule has 1 fully saturated rings. The fourth-order valence-electron chi connectivity index (χ4n) is 1.46. The number of rotatable bonds is 3. The van der Waals surface area contributed by atoms with Crippen LogP contribution in [-0.4, -0.2) is 22.8 Å². The molecule has 2 nitrogen and oxygen atoms in total. The molecule has 0 aliphatic carbocycles. The van der Waals surface area contributed by atoms with E-state index in [1.165, 1.54) is 0 Å². The van der Waals surface area contributed by atoms with Crippen molar-refractivity contribution in [2.45, 2.75) is 44.8 Å². The standard InChI is InChI=1S/C8H17NO/c1-4-7(3,10)8(5-2)6-9-8/h9-10H,4-6H2,1-3H3. The maximum Gasteiger partial charge on any atom is 0.0810 e. The van der Waals surface area contributed by atoms with Crippen molar-refractivity contribution in [1.29, 1.82) is 0 Å². The molecule has 60 valence electrons. The summed E-state index contributed by atoms with van der Waals surface area (Å²) in [6, 6.07) is 0. The van der Waals surface area contributed by atoms with Gasteiger partial charge in [-0.15, -0.1) is 0 Å². The lowest BCUT2D eigenvalue weighted by Gasteiger charge is -2.29. The van der Waals surface area contributed by atoms with Gasteiger partial charge in [0, 0.05) is 6.54 Å². The van der Waals surface area contributed by atoms with Gasteiger partial charge in [0.15, 0.2) is 0 Å². The molecule has 0 aromatic heterocycles. The normalized spacial score (nSPS) is 37.2. The van der Waals surface area contributed by atoms with Crippen LogP contribution in [0.4, 0.5) is 0 Å². The Morgan fingerprint density at radius 2 is 2.10 bits per heavy atom. The molecule has 2 N–H and O–H groups in total. The summed E-state index contributed by atoms with van der Waals surface area (Å²) in [4.78, 5) is 0. The van der Waals surface area contributed by atoms with E-state index in [2.05, 4.69) is 12.2 Å². The molecule has 2 unspecified atom stereocenters. The number of nitrogens with one attached hydrogen (secondary N) is 1. The van der Waals surface area contributed by atoms with Crippen molar-refractivity contribution >= 4 is 0 Å². The SMILES string of the molecule is CCC(C)(O)C1(CC)CN1. The minimum atomic E-state index is -0.512. The largest absolute Gasteiger partial charge is 0.388 e. The zero-order valence-electron chi connectivity index (χ0n) is 7.07. The van der Waals surface area contributed by atoms with Crippen LogP contribution in [0.25, 0.3) is 0 Å². The Labute approximate surface area is 62.6 Å². The van der Waals surface area contributed by atoms with Crippen LogP contribution in [0.1, 0.15) is 33.6 Å². The molecule has 0 radical (unpaired) electrons. The van der Waals surface area contributed by atoms with Gasteiger partial charge in [-0.1, -0.05) is 13.8 Å². The van der Waals surface area contributed by atoms with Gasteiger partial charge in [0.2, 0.25) is 0 Å². The van der Waals surface area contributed by atoms with E-state index in [1.807, 2.05) is 13.8 Å². The molecule has 2 atom stereocenters. The molecule has 1 aliphatic heterocycles. The molecule has 10 heavy (non-hydrogen) atoms. The van der Waals surface area contributed by atoms with Gasteiger partial charge in [0.25, 0.3) is 0 Å². The summed E-state index contributed by atoms with van der Waals surface area (Å²) in [5, 5.41) is 13.1. The Bertz CT molecular complexity index is 123. The van der Waals surface area contributed by atoms with Gasteiger partial charge in [0.1, 0.15) is 0 Å². The average Bonchev–Trinajstić information content (AvgIpc) is 2.67. The van der Waals surface area contributed by atoms with Crippen LogP contribution in [0.5, 0.6) is 0 Å². The molecule has 1 saturated heterocycles. The molecule has 1 rings (SSSR count). The highest BCUT2D eigenvalue weighted by Crippen LogP contribution is 2.36. The topological polar surface area (TPSA) is 42.2 Å². The van der Waals surface area contributed by atoms with Crippen molar-refractivity contribution in [3.63, 3.8) is 0 Å². The molecular weight excluding hydrogens is 126 g/mol. The minimum Gasteiger partial charge on any atom is -0.388 e. The van der Waals surface area contributed by atoms with Crippen LogP contribution in [0, 0.1) is 0 Å². The van der Waals surface area contributed by atoms with E-state index in [0.717, 1.165) is 19.4 Å². The molecular formula is C8H17NO.